The van der Waals surface area contributed by atoms with Crippen molar-refractivity contribution in [3.05, 3.63) is 33.8 Å². The standard InChI is InChI=1S/C16H25BrN2/c1-4-14-7-5-12(3)19(14)16(10-18)13-6-8-15(17)11(2)9-13/h6,8-9,12,14,16H,4-5,7,10,18H2,1-3H3. The average molecular weight is 325 g/mol. The molecule has 0 amide bonds. The van der Waals surface area contributed by atoms with Gasteiger partial charge >= 0.3 is 0 Å². The molecule has 3 heteroatoms. The highest BCUT2D eigenvalue weighted by atomic mass is 79.9. The minimum absolute atomic E-state index is 0.356. The van der Waals surface area contributed by atoms with Crippen LogP contribution in [-0.4, -0.2) is 23.5 Å². The van der Waals surface area contributed by atoms with Crippen LogP contribution in [0, 0.1) is 6.92 Å². The molecule has 1 fully saturated rings. The van der Waals surface area contributed by atoms with Gasteiger partial charge < -0.3 is 5.73 Å². The van der Waals surface area contributed by atoms with Gasteiger partial charge in [0.1, 0.15) is 0 Å². The summed E-state index contributed by atoms with van der Waals surface area (Å²) in [6.45, 7) is 7.47. The summed E-state index contributed by atoms with van der Waals surface area (Å²) in [5, 5.41) is 0. The van der Waals surface area contributed by atoms with Crippen LogP contribution in [0.5, 0.6) is 0 Å². The molecule has 0 radical (unpaired) electrons. The molecule has 1 aromatic rings. The first-order chi connectivity index (χ1) is 9.08. The number of hydrogen-bond acceptors (Lipinski definition) is 2. The molecule has 0 bridgehead atoms. The van der Waals surface area contributed by atoms with E-state index in [9.17, 15) is 0 Å². The number of rotatable bonds is 4. The minimum atomic E-state index is 0.356. The molecule has 0 spiro atoms. The van der Waals surface area contributed by atoms with Crippen LogP contribution in [0.3, 0.4) is 0 Å². The summed E-state index contributed by atoms with van der Waals surface area (Å²) >= 11 is 3.58. The first-order valence-electron chi connectivity index (χ1n) is 7.32. The summed E-state index contributed by atoms with van der Waals surface area (Å²) in [4.78, 5) is 2.64. The van der Waals surface area contributed by atoms with Crippen molar-refractivity contribution in [1.82, 2.24) is 4.90 Å². The van der Waals surface area contributed by atoms with Gasteiger partial charge in [0.15, 0.2) is 0 Å². The lowest BCUT2D eigenvalue weighted by molar-refractivity contribution is 0.137. The predicted octanol–water partition coefficient (Wildman–Crippen LogP) is 4.02. The maximum Gasteiger partial charge on any atom is 0.0476 e. The largest absolute Gasteiger partial charge is 0.329 e. The van der Waals surface area contributed by atoms with E-state index in [0.717, 1.165) is 0 Å². The van der Waals surface area contributed by atoms with E-state index in [0.29, 0.717) is 24.7 Å². The summed E-state index contributed by atoms with van der Waals surface area (Å²) < 4.78 is 1.17. The smallest absolute Gasteiger partial charge is 0.0476 e. The number of nitrogens with two attached hydrogens (primary N) is 1. The van der Waals surface area contributed by atoms with Crippen LogP contribution >= 0.6 is 15.9 Å². The molecule has 1 saturated heterocycles. The van der Waals surface area contributed by atoms with E-state index >= 15 is 0 Å². The normalized spacial score (nSPS) is 25.7. The quantitative estimate of drug-likeness (QED) is 0.906. The summed E-state index contributed by atoms with van der Waals surface area (Å²) in [5.41, 5.74) is 8.74. The van der Waals surface area contributed by atoms with Gasteiger partial charge in [0, 0.05) is 29.1 Å². The van der Waals surface area contributed by atoms with Gasteiger partial charge in [-0.05, 0) is 50.3 Å². The van der Waals surface area contributed by atoms with E-state index in [1.807, 2.05) is 0 Å². The Morgan fingerprint density at radius 1 is 1.42 bits per heavy atom. The SMILES string of the molecule is CCC1CCC(C)N1C(CN)c1ccc(Br)c(C)c1. The lowest BCUT2D eigenvalue weighted by Crippen LogP contribution is -2.41. The fraction of sp³-hybridized carbons (Fsp3) is 0.625. The number of halogens is 1. The zero-order valence-electron chi connectivity index (χ0n) is 12.2. The van der Waals surface area contributed by atoms with Crippen molar-refractivity contribution in [2.45, 2.75) is 58.2 Å². The zero-order valence-corrected chi connectivity index (χ0v) is 13.8. The van der Waals surface area contributed by atoms with Crippen LogP contribution in [0.2, 0.25) is 0 Å². The molecule has 1 heterocycles. The van der Waals surface area contributed by atoms with Gasteiger partial charge in [-0.3, -0.25) is 4.90 Å². The van der Waals surface area contributed by atoms with Gasteiger partial charge in [0.2, 0.25) is 0 Å². The Kier molecular flexibility index (Phi) is 5.04. The summed E-state index contributed by atoms with van der Waals surface area (Å²) in [5.74, 6) is 0. The molecule has 1 aliphatic rings. The molecule has 1 aliphatic heterocycles. The first-order valence-corrected chi connectivity index (χ1v) is 8.11. The number of nitrogens with zero attached hydrogens (tertiary/aromatic N) is 1. The van der Waals surface area contributed by atoms with E-state index < -0.39 is 0 Å². The van der Waals surface area contributed by atoms with E-state index in [-0.39, 0.29) is 0 Å². The molecule has 106 valence electrons. The van der Waals surface area contributed by atoms with Crippen LogP contribution < -0.4 is 5.73 Å². The van der Waals surface area contributed by atoms with Crippen LogP contribution in [0.1, 0.15) is 50.3 Å². The first kappa shape index (κ1) is 15.0. The third-order valence-corrected chi connectivity index (χ3v) is 5.36. The Bertz CT molecular complexity index is 433. The van der Waals surface area contributed by atoms with Crippen LogP contribution in [-0.2, 0) is 0 Å². The van der Waals surface area contributed by atoms with Crippen molar-refractivity contribution in [2.75, 3.05) is 6.54 Å². The third-order valence-electron chi connectivity index (χ3n) is 4.47. The molecular weight excluding hydrogens is 300 g/mol. The van der Waals surface area contributed by atoms with Crippen LogP contribution in [0.15, 0.2) is 22.7 Å². The number of likely N-dealkylation sites (tertiary alicyclic amines) is 1. The second kappa shape index (κ2) is 6.38. The maximum atomic E-state index is 6.10. The molecule has 19 heavy (non-hydrogen) atoms. The Morgan fingerprint density at radius 3 is 2.74 bits per heavy atom. The number of benzene rings is 1. The van der Waals surface area contributed by atoms with Gasteiger partial charge in [0.05, 0.1) is 0 Å². The van der Waals surface area contributed by atoms with Crippen molar-refractivity contribution in [3.63, 3.8) is 0 Å². The molecule has 0 saturated carbocycles. The van der Waals surface area contributed by atoms with Gasteiger partial charge in [-0.1, -0.05) is 35.0 Å². The second-order valence-electron chi connectivity index (χ2n) is 5.70. The lowest BCUT2D eigenvalue weighted by Gasteiger charge is -2.36. The fourth-order valence-electron chi connectivity index (χ4n) is 3.37. The van der Waals surface area contributed by atoms with Crippen molar-refractivity contribution < 1.29 is 0 Å². The van der Waals surface area contributed by atoms with Gasteiger partial charge in [-0.2, -0.15) is 0 Å². The minimum Gasteiger partial charge on any atom is -0.329 e. The topological polar surface area (TPSA) is 29.3 Å². The Hall–Kier alpha value is -0.380. The number of hydrogen-bond donors (Lipinski definition) is 1. The third kappa shape index (κ3) is 3.04. The second-order valence-corrected chi connectivity index (χ2v) is 6.55. The van der Waals surface area contributed by atoms with Crippen LogP contribution in [0.25, 0.3) is 0 Å². The summed E-state index contributed by atoms with van der Waals surface area (Å²) in [6, 6.07) is 8.32. The van der Waals surface area contributed by atoms with E-state index in [1.165, 1.54) is 34.9 Å². The Labute approximate surface area is 125 Å². The predicted molar refractivity (Wildman–Crippen MR) is 85.3 cm³/mol. The molecule has 1 aromatic carbocycles. The van der Waals surface area contributed by atoms with E-state index in [2.05, 4.69) is 59.8 Å². The molecular formula is C16H25BrN2. The highest BCUT2D eigenvalue weighted by Crippen LogP contribution is 2.35. The lowest BCUT2D eigenvalue weighted by atomic mass is 10.0. The van der Waals surface area contributed by atoms with Crippen molar-refractivity contribution in [3.8, 4) is 0 Å². The summed E-state index contributed by atoms with van der Waals surface area (Å²) in [6.07, 6.45) is 3.82. The van der Waals surface area contributed by atoms with Crippen molar-refractivity contribution >= 4 is 15.9 Å². The Morgan fingerprint density at radius 2 is 2.16 bits per heavy atom. The monoisotopic (exact) mass is 324 g/mol. The average Bonchev–Trinajstić information content (AvgIpc) is 2.76. The fourth-order valence-corrected chi connectivity index (χ4v) is 3.62. The van der Waals surface area contributed by atoms with Gasteiger partial charge in [-0.25, -0.2) is 0 Å². The van der Waals surface area contributed by atoms with Gasteiger partial charge in [-0.15, -0.1) is 0 Å². The molecule has 0 aromatic heterocycles. The zero-order chi connectivity index (χ0) is 14.0. The van der Waals surface area contributed by atoms with Crippen molar-refractivity contribution in [2.24, 2.45) is 5.73 Å². The highest BCUT2D eigenvalue weighted by molar-refractivity contribution is 9.10. The van der Waals surface area contributed by atoms with Crippen LogP contribution in [0.4, 0.5) is 0 Å². The molecule has 3 unspecified atom stereocenters. The van der Waals surface area contributed by atoms with E-state index in [1.54, 1.807) is 0 Å². The Balaban J connectivity index is 2.30. The molecule has 0 aliphatic carbocycles. The highest BCUT2D eigenvalue weighted by Gasteiger charge is 2.34. The molecule has 3 atom stereocenters. The van der Waals surface area contributed by atoms with Gasteiger partial charge in [0.25, 0.3) is 0 Å². The molecule has 2 rings (SSSR count). The summed E-state index contributed by atoms with van der Waals surface area (Å²) in [7, 11) is 0. The molecule has 2 N–H and O–H groups in total. The molecule has 2 nitrogen and oxygen atoms in total. The van der Waals surface area contributed by atoms with Crippen molar-refractivity contribution in [1.29, 1.82) is 0 Å². The number of aryl methyl sites for hydroxylation is 1. The maximum absolute atomic E-state index is 6.10. The van der Waals surface area contributed by atoms with E-state index in [4.69, 9.17) is 5.73 Å².